The van der Waals surface area contributed by atoms with E-state index in [-0.39, 0.29) is 18.9 Å². The van der Waals surface area contributed by atoms with Gasteiger partial charge >= 0.3 is 18.9 Å². The Morgan fingerprint density at radius 2 is 1.92 bits per heavy atom. The van der Waals surface area contributed by atoms with Crippen molar-refractivity contribution in [3.8, 4) is 0 Å². The Bertz CT molecular complexity index is 244. The molecular formula is C8H7LiO2S. The van der Waals surface area contributed by atoms with Crippen LogP contribution in [0.3, 0.4) is 0 Å². The summed E-state index contributed by atoms with van der Waals surface area (Å²) in [5.41, 5.74) is 0. The number of aliphatic hydroxyl groups excluding tert-OH is 1. The van der Waals surface area contributed by atoms with Crippen LogP contribution >= 0.6 is 11.8 Å². The van der Waals surface area contributed by atoms with Crippen molar-refractivity contribution in [1.29, 1.82) is 0 Å². The third-order valence-corrected chi connectivity index (χ3v) is 1.90. The SMILES string of the molecule is [Li+].[O-]C(O)=CSc1ccccc1. The molecule has 0 unspecified atom stereocenters. The van der Waals surface area contributed by atoms with Crippen molar-refractivity contribution in [2.75, 3.05) is 0 Å². The fraction of sp³-hybridized carbons (Fsp3) is 0. The molecule has 1 N–H and O–H groups in total. The second kappa shape index (κ2) is 6.07. The molecule has 0 aliphatic rings. The summed E-state index contributed by atoms with van der Waals surface area (Å²) in [5.74, 6) is -0.904. The number of aliphatic hydroxyl groups is 1. The van der Waals surface area contributed by atoms with E-state index in [0.717, 1.165) is 10.3 Å². The molecule has 1 aromatic rings. The minimum Gasteiger partial charge on any atom is -0.629 e. The van der Waals surface area contributed by atoms with E-state index in [2.05, 4.69) is 0 Å². The second-order valence-electron chi connectivity index (χ2n) is 1.89. The molecule has 0 atom stereocenters. The van der Waals surface area contributed by atoms with Gasteiger partial charge in [-0.15, -0.1) is 0 Å². The predicted octanol–water partition coefficient (Wildman–Crippen LogP) is -1.50. The van der Waals surface area contributed by atoms with Gasteiger partial charge in [0, 0.05) is 4.90 Å². The summed E-state index contributed by atoms with van der Waals surface area (Å²) in [6.07, 6.45) is 0. The molecule has 0 bridgehead atoms. The molecule has 0 radical (unpaired) electrons. The molecule has 4 heteroatoms. The Hall–Kier alpha value is -0.493. The maximum Gasteiger partial charge on any atom is 1.00 e. The van der Waals surface area contributed by atoms with E-state index < -0.39 is 5.95 Å². The first-order chi connectivity index (χ1) is 5.29. The summed E-state index contributed by atoms with van der Waals surface area (Å²) < 4.78 is 0. The molecule has 0 spiro atoms. The van der Waals surface area contributed by atoms with E-state index >= 15 is 0 Å². The average molecular weight is 174 g/mol. The first kappa shape index (κ1) is 11.5. The predicted molar refractivity (Wildman–Crippen MR) is 43.0 cm³/mol. The van der Waals surface area contributed by atoms with Crippen LogP contribution in [0.1, 0.15) is 0 Å². The molecule has 1 aromatic carbocycles. The third kappa shape index (κ3) is 4.40. The minimum atomic E-state index is -0.904. The smallest absolute Gasteiger partial charge is 0.629 e. The number of hydrogen-bond donors (Lipinski definition) is 1. The van der Waals surface area contributed by atoms with Crippen LogP contribution < -0.4 is 24.0 Å². The summed E-state index contributed by atoms with van der Waals surface area (Å²) in [6, 6.07) is 9.37. The van der Waals surface area contributed by atoms with Crippen LogP contribution in [-0.2, 0) is 0 Å². The van der Waals surface area contributed by atoms with E-state index in [1.807, 2.05) is 30.3 Å². The molecule has 0 saturated carbocycles. The second-order valence-corrected chi connectivity index (χ2v) is 2.83. The quantitative estimate of drug-likeness (QED) is 0.337. The third-order valence-electron chi connectivity index (χ3n) is 1.04. The zero-order valence-corrected chi connectivity index (χ0v) is 7.54. The van der Waals surface area contributed by atoms with Gasteiger partial charge in [-0.2, -0.15) is 0 Å². The van der Waals surface area contributed by atoms with Gasteiger partial charge in [0.25, 0.3) is 0 Å². The van der Waals surface area contributed by atoms with Gasteiger partial charge in [-0.3, -0.25) is 0 Å². The molecule has 0 aromatic heterocycles. The van der Waals surface area contributed by atoms with Crippen molar-refractivity contribution in [2.24, 2.45) is 0 Å². The van der Waals surface area contributed by atoms with Gasteiger partial charge in [-0.25, -0.2) is 0 Å². The van der Waals surface area contributed by atoms with Crippen molar-refractivity contribution in [1.82, 2.24) is 0 Å². The minimum absolute atomic E-state index is 0. The van der Waals surface area contributed by atoms with Gasteiger partial charge in [0.1, 0.15) is 0 Å². The molecule has 0 aliphatic heterocycles. The van der Waals surface area contributed by atoms with Gasteiger partial charge in [0.15, 0.2) is 0 Å². The zero-order chi connectivity index (χ0) is 8.10. The Balaban J connectivity index is 0.00000121. The van der Waals surface area contributed by atoms with Crippen LogP contribution in [0.5, 0.6) is 0 Å². The molecule has 2 nitrogen and oxygen atoms in total. The monoisotopic (exact) mass is 174 g/mol. The van der Waals surface area contributed by atoms with Crippen LogP contribution in [0.2, 0.25) is 0 Å². The van der Waals surface area contributed by atoms with Crippen molar-refractivity contribution >= 4 is 11.8 Å². The Kier molecular flexibility index (Phi) is 5.82. The van der Waals surface area contributed by atoms with Gasteiger partial charge in [0.2, 0.25) is 0 Å². The summed E-state index contributed by atoms with van der Waals surface area (Å²) in [4.78, 5) is 0.940. The molecule has 58 valence electrons. The van der Waals surface area contributed by atoms with Gasteiger partial charge < -0.3 is 10.2 Å². The van der Waals surface area contributed by atoms with Crippen LogP contribution in [-0.4, -0.2) is 5.11 Å². The number of rotatable bonds is 2. The Morgan fingerprint density at radius 3 is 2.42 bits per heavy atom. The number of hydrogen-bond acceptors (Lipinski definition) is 3. The number of thioether (sulfide) groups is 1. The van der Waals surface area contributed by atoms with Crippen molar-refractivity contribution in [3.63, 3.8) is 0 Å². The number of benzene rings is 1. The van der Waals surface area contributed by atoms with E-state index in [4.69, 9.17) is 5.11 Å². The topological polar surface area (TPSA) is 43.3 Å². The van der Waals surface area contributed by atoms with Gasteiger partial charge in [0.05, 0.1) is 5.95 Å². The molecule has 0 fully saturated rings. The van der Waals surface area contributed by atoms with Crippen LogP contribution in [0.25, 0.3) is 0 Å². The molecular weight excluding hydrogens is 167 g/mol. The summed E-state index contributed by atoms with van der Waals surface area (Å²) in [7, 11) is 0. The normalized spacial score (nSPS) is 10.5. The summed E-state index contributed by atoms with van der Waals surface area (Å²) in [5, 5.41) is 19.6. The standard InChI is InChI=1S/C8H8O2S.Li/c9-8(10)6-11-7-4-2-1-3-5-7;/h1-6,9-10H;/q;+1/p-1. The average Bonchev–Trinajstić information content (AvgIpc) is 2.03. The molecule has 0 aliphatic carbocycles. The van der Waals surface area contributed by atoms with Gasteiger partial charge in [-0.1, -0.05) is 30.0 Å². The molecule has 0 saturated heterocycles. The maximum atomic E-state index is 10.1. The maximum absolute atomic E-state index is 10.1. The molecule has 0 amide bonds. The summed E-state index contributed by atoms with van der Waals surface area (Å²) >= 11 is 1.20. The fourth-order valence-corrected chi connectivity index (χ4v) is 1.17. The molecule has 12 heavy (non-hydrogen) atoms. The van der Waals surface area contributed by atoms with E-state index in [1.54, 1.807) is 0 Å². The van der Waals surface area contributed by atoms with Crippen LogP contribution in [0, 0.1) is 0 Å². The van der Waals surface area contributed by atoms with Crippen LogP contribution in [0.15, 0.2) is 46.6 Å². The van der Waals surface area contributed by atoms with Gasteiger partial charge in [-0.05, 0) is 17.5 Å². The fourth-order valence-electron chi connectivity index (χ4n) is 0.618. The van der Waals surface area contributed by atoms with Crippen molar-refractivity contribution < 1.29 is 29.1 Å². The van der Waals surface area contributed by atoms with Crippen molar-refractivity contribution in [2.45, 2.75) is 4.90 Å². The summed E-state index contributed by atoms with van der Waals surface area (Å²) in [6.45, 7) is 0. The first-order valence-corrected chi connectivity index (χ1v) is 3.95. The van der Waals surface area contributed by atoms with Crippen molar-refractivity contribution in [3.05, 3.63) is 41.7 Å². The molecule has 1 rings (SSSR count). The molecule has 0 heterocycles. The Labute approximate surface area is 87.5 Å². The zero-order valence-electron chi connectivity index (χ0n) is 6.73. The van der Waals surface area contributed by atoms with E-state index in [9.17, 15) is 5.11 Å². The van der Waals surface area contributed by atoms with E-state index in [1.165, 1.54) is 11.8 Å². The first-order valence-electron chi connectivity index (χ1n) is 3.07. The van der Waals surface area contributed by atoms with E-state index in [0.29, 0.717) is 0 Å². The van der Waals surface area contributed by atoms with Crippen LogP contribution in [0.4, 0.5) is 0 Å². The largest absolute Gasteiger partial charge is 1.00 e. The Morgan fingerprint density at radius 1 is 1.33 bits per heavy atom.